The summed E-state index contributed by atoms with van der Waals surface area (Å²) in [7, 11) is 0. The third kappa shape index (κ3) is 2.83. The van der Waals surface area contributed by atoms with Gasteiger partial charge in [0, 0.05) is 18.1 Å². The zero-order valence-corrected chi connectivity index (χ0v) is 10.6. The van der Waals surface area contributed by atoms with Crippen molar-refractivity contribution in [2.75, 3.05) is 5.75 Å². The lowest BCUT2D eigenvalue weighted by Crippen LogP contribution is -2.01. The maximum atomic E-state index is 13.1. The first-order valence-corrected chi connectivity index (χ1v) is 6.27. The van der Waals surface area contributed by atoms with Gasteiger partial charge in [0.1, 0.15) is 5.82 Å². The van der Waals surface area contributed by atoms with Crippen molar-refractivity contribution in [2.24, 2.45) is 0 Å². The normalized spacial score (nSPS) is 10.6. The monoisotopic (exact) mass is 286 g/mol. The van der Waals surface area contributed by atoms with Crippen molar-refractivity contribution >= 4 is 29.3 Å². The molecule has 0 atom stereocenters. The van der Waals surface area contributed by atoms with E-state index in [0.717, 1.165) is 11.8 Å². The topological polar surface area (TPSA) is 55.1 Å². The number of thioether (sulfide) groups is 1. The second-order valence-electron chi connectivity index (χ2n) is 3.36. The largest absolute Gasteiger partial charge is 0.481 e. The molecule has 0 unspecified atom stereocenters. The SMILES string of the molecule is O=C(O)CSc1nccn1-c1ccc(F)c(Cl)c1. The van der Waals surface area contributed by atoms with Crippen LogP contribution in [0, 0.1) is 5.82 Å². The molecule has 0 amide bonds. The van der Waals surface area contributed by atoms with E-state index in [9.17, 15) is 9.18 Å². The number of carboxylic acids is 1. The Bertz CT molecular complexity index is 588. The molecule has 0 spiro atoms. The molecule has 0 aliphatic carbocycles. The molecule has 94 valence electrons. The van der Waals surface area contributed by atoms with Crippen molar-refractivity contribution in [3.63, 3.8) is 0 Å². The number of aromatic nitrogens is 2. The van der Waals surface area contributed by atoms with Crippen LogP contribution in [0.2, 0.25) is 5.02 Å². The summed E-state index contributed by atoms with van der Waals surface area (Å²) in [6.07, 6.45) is 3.20. The van der Waals surface area contributed by atoms with Crippen LogP contribution in [0.3, 0.4) is 0 Å². The van der Waals surface area contributed by atoms with Crippen LogP contribution in [0.1, 0.15) is 0 Å². The summed E-state index contributed by atoms with van der Waals surface area (Å²) in [5.41, 5.74) is 0.631. The number of aliphatic carboxylic acids is 1. The first kappa shape index (κ1) is 12.9. The minimum atomic E-state index is -0.924. The minimum absolute atomic E-state index is 0.00962. The van der Waals surface area contributed by atoms with E-state index in [4.69, 9.17) is 16.7 Å². The molecule has 0 saturated carbocycles. The third-order valence-corrected chi connectivity index (χ3v) is 3.35. The Morgan fingerprint density at radius 2 is 2.33 bits per heavy atom. The number of carbonyl (C=O) groups is 1. The van der Waals surface area contributed by atoms with Crippen LogP contribution in [-0.2, 0) is 4.79 Å². The van der Waals surface area contributed by atoms with Crippen molar-refractivity contribution in [1.82, 2.24) is 9.55 Å². The standard InChI is InChI=1S/C11H8ClFN2O2S/c12-8-5-7(1-2-9(8)13)15-4-3-14-11(15)18-6-10(16)17/h1-5H,6H2,(H,16,17). The Morgan fingerprint density at radius 1 is 1.56 bits per heavy atom. The quantitative estimate of drug-likeness (QED) is 0.878. The van der Waals surface area contributed by atoms with Gasteiger partial charge in [-0.15, -0.1) is 0 Å². The first-order valence-electron chi connectivity index (χ1n) is 4.91. The minimum Gasteiger partial charge on any atom is -0.481 e. The average Bonchev–Trinajstić information content (AvgIpc) is 2.78. The summed E-state index contributed by atoms with van der Waals surface area (Å²) in [5, 5.41) is 9.15. The molecule has 1 aromatic carbocycles. The van der Waals surface area contributed by atoms with Crippen LogP contribution < -0.4 is 0 Å². The summed E-state index contributed by atoms with van der Waals surface area (Å²) >= 11 is 6.78. The number of halogens is 2. The lowest BCUT2D eigenvalue weighted by Gasteiger charge is -2.07. The van der Waals surface area contributed by atoms with E-state index in [0.29, 0.717) is 10.8 Å². The van der Waals surface area contributed by atoms with Gasteiger partial charge in [-0.05, 0) is 18.2 Å². The summed E-state index contributed by atoms with van der Waals surface area (Å²) < 4.78 is 14.7. The fraction of sp³-hybridized carbons (Fsp3) is 0.0909. The molecule has 1 N–H and O–H groups in total. The molecule has 0 saturated heterocycles. The number of carboxylic acid groups (broad SMARTS) is 1. The van der Waals surface area contributed by atoms with Gasteiger partial charge in [-0.1, -0.05) is 23.4 Å². The molecule has 0 radical (unpaired) electrons. The third-order valence-electron chi connectivity index (χ3n) is 2.11. The van der Waals surface area contributed by atoms with Crippen molar-refractivity contribution in [3.8, 4) is 5.69 Å². The van der Waals surface area contributed by atoms with Crippen LogP contribution in [0.25, 0.3) is 5.69 Å². The fourth-order valence-electron chi connectivity index (χ4n) is 1.35. The second kappa shape index (κ2) is 5.41. The van der Waals surface area contributed by atoms with Crippen molar-refractivity contribution in [3.05, 3.63) is 41.4 Å². The van der Waals surface area contributed by atoms with Crippen LogP contribution in [0.4, 0.5) is 4.39 Å². The lowest BCUT2D eigenvalue weighted by molar-refractivity contribution is -0.133. The van der Waals surface area contributed by atoms with E-state index in [1.165, 1.54) is 12.1 Å². The number of hydrogen-bond acceptors (Lipinski definition) is 3. The van der Waals surface area contributed by atoms with Crippen LogP contribution in [0.5, 0.6) is 0 Å². The maximum Gasteiger partial charge on any atom is 0.313 e. The lowest BCUT2D eigenvalue weighted by atomic mass is 10.3. The van der Waals surface area contributed by atoms with Crippen LogP contribution >= 0.6 is 23.4 Å². The van der Waals surface area contributed by atoms with Crippen LogP contribution in [-0.4, -0.2) is 26.4 Å². The highest BCUT2D eigenvalue weighted by atomic mass is 35.5. The number of rotatable bonds is 4. The molecule has 0 fully saturated rings. The van der Waals surface area contributed by atoms with Gasteiger partial charge in [0.25, 0.3) is 0 Å². The summed E-state index contributed by atoms with van der Waals surface area (Å²) in [5.74, 6) is -1.52. The molecular formula is C11H8ClFN2O2S. The highest BCUT2D eigenvalue weighted by Gasteiger charge is 2.09. The summed E-state index contributed by atoms with van der Waals surface area (Å²) in [4.78, 5) is 14.6. The molecule has 1 heterocycles. The van der Waals surface area contributed by atoms with Crippen LogP contribution in [0.15, 0.2) is 35.7 Å². The van der Waals surface area contributed by atoms with E-state index in [2.05, 4.69) is 4.98 Å². The highest BCUT2D eigenvalue weighted by molar-refractivity contribution is 7.99. The Kier molecular flexibility index (Phi) is 3.88. The van der Waals surface area contributed by atoms with Gasteiger partial charge in [-0.2, -0.15) is 0 Å². The zero-order valence-electron chi connectivity index (χ0n) is 9.01. The molecule has 0 aliphatic heterocycles. The van der Waals surface area contributed by atoms with Gasteiger partial charge in [0.05, 0.1) is 10.8 Å². The van der Waals surface area contributed by atoms with Gasteiger partial charge in [0.15, 0.2) is 5.16 Å². The molecule has 0 bridgehead atoms. The molecule has 1 aromatic heterocycles. The molecule has 4 nitrogen and oxygen atoms in total. The summed E-state index contributed by atoms with van der Waals surface area (Å²) in [6.45, 7) is 0. The van der Waals surface area contributed by atoms with Gasteiger partial charge in [-0.3, -0.25) is 9.36 Å². The number of nitrogens with zero attached hydrogens (tertiary/aromatic N) is 2. The van der Waals surface area contributed by atoms with Gasteiger partial charge >= 0.3 is 5.97 Å². The molecule has 18 heavy (non-hydrogen) atoms. The van der Waals surface area contributed by atoms with E-state index < -0.39 is 11.8 Å². The Morgan fingerprint density at radius 3 is 3.00 bits per heavy atom. The summed E-state index contributed by atoms with van der Waals surface area (Å²) in [6, 6.07) is 4.26. The van der Waals surface area contributed by atoms with Gasteiger partial charge in [-0.25, -0.2) is 9.37 Å². The molecular weight excluding hydrogens is 279 g/mol. The Labute approximate surface area is 111 Å². The zero-order chi connectivity index (χ0) is 13.1. The molecule has 2 rings (SSSR count). The van der Waals surface area contributed by atoms with E-state index >= 15 is 0 Å². The van der Waals surface area contributed by atoms with Crippen molar-refractivity contribution < 1.29 is 14.3 Å². The van der Waals surface area contributed by atoms with Gasteiger partial charge < -0.3 is 5.11 Å². The number of imidazole rings is 1. The Balaban J connectivity index is 2.30. The highest BCUT2D eigenvalue weighted by Crippen LogP contribution is 2.23. The Hall–Kier alpha value is -1.53. The predicted octanol–water partition coefficient (Wildman–Crippen LogP) is 2.84. The number of hydrogen-bond donors (Lipinski definition) is 1. The van der Waals surface area contributed by atoms with Crippen molar-refractivity contribution in [1.29, 1.82) is 0 Å². The number of benzene rings is 1. The van der Waals surface area contributed by atoms with Gasteiger partial charge in [0.2, 0.25) is 0 Å². The van der Waals surface area contributed by atoms with Crippen molar-refractivity contribution in [2.45, 2.75) is 5.16 Å². The molecule has 7 heteroatoms. The van der Waals surface area contributed by atoms with E-state index in [-0.39, 0.29) is 10.8 Å². The fourth-order valence-corrected chi connectivity index (χ4v) is 2.22. The molecule has 2 aromatic rings. The molecule has 0 aliphatic rings. The maximum absolute atomic E-state index is 13.1. The predicted molar refractivity (Wildman–Crippen MR) is 66.9 cm³/mol. The average molecular weight is 287 g/mol. The van der Waals surface area contributed by atoms with E-state index in [1.807, 2.05) is 0 Å². The second-order valence-corrected chi connectivity index (χ2v) is 4.71. The smallest absolute Gasteiger partial charge is 0.313 e. The first-order chi connectivity index (χ1) is 8.58. The van der Waals surface area contributed by atoms with E-state index in [1.54, 1.807) is 23.0 Å².